The van der Waals surface area contributed by atoms with E-state index in [1.165, 1.54) is 5.56 Å². The van der Waals surface area contributed by atoms with E-state index in [-0.39, 0.29) is 0 Å². The second-order valence-electron chi connectivity index (χ2n) is 3.51. The van der Waals surface area contributed by atoms with E-state index in [4.69, 9.17) is 9.47 Å². The van der Waals surface area contributed by atoms with Crippen molar-refractivity contribution in [1.29, 1.82) is 0 Å². The third kappa shape index (κ3) is 3.08. The van der Waals surface area contributed by atoms with Gasteiger partial charge in [0.15, 0.2) is 11.5 Å². The van der Waals surface area contributed by atoms with E-state index >= 15 is 0 Å². The summed E-state index contributed by atoms with van der Waals surface area (Å²) in [6.07, 6.45) is 4.29. The van der Waals surface area contributed by atoms with E-state index in [1.54, 1.807) is 18.9 Å². The van der Waals surface area contributed by atoms with Crippen LogP contribution >= 0.6 is 11.8 Å². The fourth-order valence-corrected chi connectivity index (χ4v) is 2.27. The second kappa shape index (κ2) is 6.69. The van der Waals surface area contributed by atoms with Crippen LogP contribution in [0.3, 0.4) is 0 Å². The number of aryl methyl sites for hydroxylation is 1. The van der Waals surface area contributed by atoms with E-state index in [1.807, 2.05) is 6.92 Å². The zero-order chi connectivity index (χ0) is 12.0. The molecule has 1 rings (SSSR count). The van der Waals surface area contributed by atoms with Crippen LogP contribution in [0.25, 0.3) is 0 Å². The molecule has 0 heterocycles. The van der Waals surface area contributed by atoms with Crippen LogP contribution in [0, 0.1) is 0 Å². The summed E-state index contributed by atoms with van der Waals surface area (Å²) >= 11 is 1.70. The highest BCUT2D eigenvalue weighted by molar-refractivity contribution is 7.98. The maximum Gasteiger partial charge on any atom is 0.174 e. The van der Waals surface area contributed by atoms with Crippen molar-refractivity contribution < 1.29 is 9.47 Å². The van der Waals surface area contributed by atoms with Crippen molar-refractivity contribution in [1.82, 2.24) is 0 Å². The van der Waals surface area contributed by atoms with Crippen molar-refractivity contribution in [2.24, 2.45) is 0 Å². The lowest BCUT2D eigenvalue weighted by Crippen LogP contribution is -1.98. The average Bonchev–Trinajstić information content (AvgIpc) is 2.31. The summed E-state index contributed by atoms with van der Waals surface area (Å²) in [5.41, 5.74) is 1.31. The number of benzene rings is 1. The quantitative estimate of drug-likeness (QED) is 0.705. The predicted octanol–water partition coefficient (Wildman–Crippen LogP) is 3.77. The topological polar surface area (TPSA) is 18.5 Å². The highest BCUT2D eigenvalue weighted by Crippen LogP contribution is 2.38. The molecule has 0 N–H and O–H groups in total. The lowest BCUT2D eigenvalue weighted by molar-refractivity contribution is 0.303. The molecule has 0 radical (unpaired) electrons. The van der Waals surface area contributed by atoms with Gasteiger partial charge >= 0.3 is 0 Å². The van der Waals surface area contributed by atoms with Gasteiger partial charge in [0.2, 0.25) is 0 Å². The van der Waals surface area contributed by atoms with Gasteiger partial charge < -0.3 is 9.47 Å². The van der Waals surface area contributed by atoms with Gasteiger partial charge in [-0.1, -0.05) is 13.3 Å². The first kappa shape index (κ1) is 13.2. The summed E-state index contributed by atoms with van der Waals surface area (Å²) in [4.78, 5) is 1.16. The molecule has 0 atom stereocenters. The molecule has 16 heavy (non-hydrogen) atoms. The van der Waals surface area contributed by atoms with Crippen LogP contribution in [0.5, 0.6) is 11.5 Å². The summed E-state index contributed by atoms with van der Waals surface area (Å²) in [6.45, 7) is 4.84. The Labute approximate surface area is 102 Å². The minimum atomic E-state index is 0.664. The van der Waals surface area contributed by atoms with Gasteiger partial charge in [-0.15, -0.1) is 11.8 Å². The zero-order valence-electron chi connectivity index (χ0n) is 10.5. The summed E-state index contributed by atoms with van der Waals surface area (Å²) in [5, 5.41) is 0. The van der Waals surface area contributed by atoms with Gasteiger partial charge in [0.25, 0.3) is 0 Å². The van der Waals surface area contributed by atoms with E-state index in [0.29, 0.717) is 6.61 Å². The van der Waals surface area contributed by atoms with E-state index in [0.717, 1.165) is 29.2 Å². The predicted molar refractivity (Wildman–Crippen MR) is 69.9 cm³/mol. The molecule has 3 heteroatoms. The van der Waals surface area contributed by atoms with Gasteiger partial charge in [-0.3, -0.25) is 0 Å². The standard InChI is InChI=1S/C13H20O2S/c1-5-7-10-8-11(14-3)13(15-6-2)12(9-10)16-4/h8-9H,5-7H2,1-4H3. The van der Waals surface area contributed by atoms with Gasteiger partial charge in [0.05, 0.1) is 18.6 Å². The number of hydrogen-bond acceptors (Lipinski definition) is 3. The van der Waals surface area contributed by atoms with E-state index in [2.05, 4.69) is 25.3 Å². The molecule has 0 aliphatic carbocycles. The molecule has 1 aromatic carbocycles. The Morgan fingerprint density at radius 1 is 1.25 bits per heavy atom. The van der Waals surface area contributed by atoms with Crippen molar-refractivity contribution >= 4 is 11.8 Å². The molecule has 2 nitrogen and oxygen atoms in total. The number of methoxy groups -OCH3 is 1. The van der Waals surface area contributed by atoms with E-state index < -0.39 is 0 Å². The van der Waals surface area contributed by atoms with Crippen LogP contribution < -0.4 is 9.47 Å². The van der Waals surface area contributed by atoms with Gasteiger partial charge in [-0.25, -0.2) is 0 Å². The molecule has 0 bridgehead atoms. The highest BCUT2D eigenvalue weighted by Gasteiger charge is 2.11. The van der Waals surface area contributed by atoms with Crippen molar-refractivity contribution in [3.8, 4) is 11.5 Å². The Morgan fingerprint density at radius 2 is 2.00 bits per heavy atom. The molecule has 1 aromatic rings. The minimum absolute atomic E-state index is 0.664. The summed E-state index contributed by atoms with van der Waals surface area (Å²) in [6, 6.07) is 4.27. The lowest BCUT2D eigenvalue weighted by atomic mass is 10.1. The Hall–Kier alpha value is -0.830. The van der Waals surface area contributed by atoms with Crippen LogP contribution in [0.2, 0.25) is 0 Å². The van der Waals surface area contributed by atoms with Gasteiger partial charge in [-0.05, 0) is 37.3 Å². The maximum atomic E-state index is 5.64. The SMILES string of the molecule is CCCc1cc(OC)c(OCC)c(SC)c1. The number of hydrogen-bond donors (Lipinski definition) is 0. The molecule has 0 aliphatic heterocycles. The molecular formula is C13H20O2S. The first-order valence-corrected chi connectivity index (χ1v) is 6.86. The average molecular weight is 240 g/mol. The molecular weight excluding hydrogens is 220 g/mol. The largest absolute Gasteiger partial charge is 0.493 e. The third-order valence-corrected chi connectivity index (χ3v) is 3.09. The number of ether oxygens (including phenoxy) is 2. The summed E-state index contributed by atoms with van der Waals surface area (Å²) < 4.78 is 11.0. The van der Waals surface area contributed by atoms with Crippen molar-refractivity contribution in [2.75, 3.05) is 20.0 Å². The normalized spacial score (nSPS) is 10.2. The monoisotopic (exact) mass is 240 g/mol. The molecule has 0 aliphatic rings. The second-order valence-corrected chi connectivity index (χ2v) is 4.36. The third-order valence-electron chi connectivity index (χ3n) is 2.35. The highest BCUT2D eigenvalue weighted by atomic mass is 32.2. The molecule has 0 fully saturated rings. The molecule has 0 amide bonds. The summed E-state index contributed by atoms with van der Waals surface area (Å²) in [7, 11) is 1.69. The van der Waals surface area contributed by atoms with Crippen molar-refractivity contribution in [2.45, 2.75) is 31.6 Å². The van der Waals surface area contributed by atoms with Crippen molar-refractivity contribution in [3.05, 3.63) is 17.7 Å². The zero-order valence-corrected chi connectivity index (χ0v) is 11.3. The molecule has 0 saturated heterocycles. The first-order valence-electron chi connectivity index (χ1n) is 5.64. The Bertz CT molecular complexity index is 312. The Morgan fingerprint density at radius 3 is 2.50 bits per heavy atom. The van der Waals surface area contributed by atoms with Crippen LogP contribution in [0.15, 0.2) is 17.0 Å². The van der Waals surface area contributed by atoms with Crippen LogP contribution in [-0.4, -0.2) is 20.0 Å². The Kier molecular flexibility index (Phi) is 5.53. The minimum Gasteiger partial charge on any atom is -0.493 e. The molecule has 0 unspecified atom stereocenters. The molecule has 0 spiro atoms. The van der Waals surface area contributed by atoms with E-state index in [9.17, 15) is 0 Å². The van der Waals surface area contributed by atoms with Crippen LogP contribution in [0.4, 0.5) is 0 Å². The van der Waals surface area contributed by atoms with Crippen LogP contribution in [-0.2, 0) is 6.42 Å². The van der Waals surface area contributed by atoms with Gasteiger partial charge in [-0.2, -0.15) is 0 Å². The fourth-order valence-electron chi connectivity index (χ4n) is 1.65. The Balaban J connectivity index is 3.14. The molecule has 0 saturated carbocycles. The fraction of sp³-hybridized carbons (Fsp3) is 0.538. The van der Waals surface area contributed by atoms with Crippen LogP contribution in [0.1, 0.15) is 25.8 Å². The maximum absolute atomic E-state index is 5.64. The summed E-state index contributed by atoms with van der Waals surface area (Å²) in [5.74, 6) is 1.72. The van der Waals surface area contributed by atoms with Gasteiger partial charge in [0.1, 0.15) is 0 Å². The lowest BCUT2D eigenvalue weighted by Gasteiger charge is -2.14. The molecule has 90 valence electrons. The number of rotatable bonds is 6. The van der Waals surface area contributed by atoms with Crippen molar-refractivity contribution in [3.63, 3.8) is 0 Å². The number of thioether (sulfide) groups is 1. The van der Waals surface area contributed by atoms with Gasteiger partial charge in [0, 0.05) is 0 Å². The molecule has 0 aromatic heterocycles. The smallest absolute Gasteiger partial charge is 0.174 e. The first-order chi connectivity index (χ1) is 7.76.